The van der Waals surface area contributed by atoms with Crippen LogP contribution in [0.1, 0.15) is 12.5 Å². The van der Waals surface area contributed by atoms with E-state index in [-0.39, 0.29) is 6.79 Å². The average Bonchev–Trinajstić information content (AvgIpc) is 3.01. The van der Waals surface area contributed by atoms with E-state index in [0.717, 1.165) is 6.08 Å². The van der Waals surface area contributed by atoms with Crippen LogP contribution in [0.3, 0.4) is 0 Å². The predicted octanol–water partition coefficient (Wildman–Crippen LogP) is 1.47. The van der Waals surface area contributed by atoms with Crippen molar-refractivity contribution < 1.29 is 28.6 Å². The van der Waals surface area contributed by atoms with Crippen LogP contribution in [0.15, 0.2) is 18.2 Å². The van der Waals surface area contributed by atoms with E-state index in [4.69, 9.17) is 25.8 Å². The number of ether oxygens (including phenoxy) is 3. The van der Waals surface area contributed by atoms with E-state index < -0.39 is 24.0 Å². The average molecular weight is 355 g/mol. The van der Waals surface area contributed by atoms with Crippen LogP contribution in [-0.2, 0) is 14.3 Å². The number of urea groups is 1. The Morgan fingerprint density at radius 1 is 1.33 bits per heavy atom. The molecule has 0 bridgehead atoms. The van der Waals surface area contributed by atoms with Gasteiger partial charge in [-0.2, -0.15) is 0 Å². The number of benzene rings is 1. The fraction of sp³-hybridized carbons (Fsp3) is 0.267. The molecule has 8 nitrogen and oxygen atoms in total. The highest BCUT2D eigenvalue weighted by Gasteiger charge is 2.19. The number of imide groups is 1. The summed E-state index contributed by atoms with van der Waals surface area (Å²) in [6.07, 6.45) is 1.47. The van der Waals surface area contributed by atoms with Crippen LogP contribution in [0, 0.1) is 0 Å². The van der Waals surface area contributed by atoms with Crippen LogP contribution in [0.2, 0.25) is 5.02 Å². The molecule has 0 saturated heterocycles. The number of nitrogens with one attached hydrogen (secondary N) is 2. The second kappa shape index (κ2) is 7.69. The minimum Gasteiger partial charge on any atom is -0.454 e. The molecule has 0 unspecified atom stereocenters. The highest BCUT2D eigenvalue weighted by Crippen LogP contribution is 2.40. The molecule has 1 aromatic carbocycles. The molecule has 1 heterocycles. The largest absolute Gasteiger partial charge is 0.454 e. The Balaban J connectivity index is 1.95. The van der Waals surface area contributed by atoms with Crippen molar-refractivity contribution >= 4 is 35.6 Å². The molecule has 0 radical (unpaired) electrons. The number of fused-ring (bicyclic) bond motifs is 1. The standard InChI is InChI=1S/C15H15ClN2O6/c1-8(14(20)18-15(21)17-2)24-12(19)4-3-9-5-10(16)13-11(6-9)22-7-23-13/h3-6,8H,7H2,1-2H3,(H2,17,18,20,21)/b4-3+/t8-/m1/s1. The summed E-state index contributed by atoms with van der Waals surface area (Å²) in [5.41, 5.74) is 0.601. The van der Waals surface area contributed by atoms with Gasteiger partial charge in [0.2, 0.25) is 6.79 Å². The summed E-state index contributed by atoms with van der Waals surface area (Å²) in [6.45, 7) is 1.43. The van der Waals surface area contributed by atoms with Gasteiger partial charge in [0.05, 0.1) is 5.02 Å². The highest BCUT2D eigenvalue weighted by molar-refractivity contribution is 6.32. The van der Waals surface area contributed by atoms with E-state index in [9.17, 15) is 14.4 Å². The first-order chi connectivity index (χ1) is 11.4. The molecule has 1 aliphatic heterocycles. The number of rotatable bonds is 4. The van der Waals surface area contributed by atoms with Crippen molar-refractivity contribution in [3.8, 4) is 11.5 Å². The van der Waals surface area contributed by atoms with Crippen LogP contribution in [-0.4, -0.2) is 37.9 Å². The van der Waals surface area contributed by atoms with Crippen LogP contribution < -0.4 is 20.1 Å². The first-order valence-corrected chi connectivity index (χ1v) is 7.29. The van der Waals surface area contributed by atoms with E-state index in [2.05, 4.69) is 5.32 Å². The summed E-state index contributed by atoms with van der Waals surface area (Å²) in [4.78, 5) is 34.3. The molecule has 24 heavy (non-hydrogen) atoms. The number of esters is 1. The molecule has 1 aliphatic rings. The van der Waals surface area contributed by atoms with Gasteiger partial charge in [-0.3, -0.25) is 10.1 Å². The van der Waals surface area contributed by atoms with Crippen LogP contribution in [0.25, 0.3) is 6.08 Å². The minimum atomic E-state index is -1.13. The van der Waals surface area contributed by atoms with Gasteiger partial charge >= 0.3 is 12.0 Å². The van der Waals surface area contributed by atoms with Crippen molar-refractivity contribution in [1.82, 2.24) is 10.6 Å². The number of hydrogen-bond donors (Lipinski definition) is 2. The summed E-state index contributed by atoms with van der Waals surface area (Å²) >= 11 is 6.03. The van der Waals surface area contributed by atoms with Crippen molar-refractivity contribution in [2.24, 2.45) is 0 Å². The summed E-state index contributed by atoms with van der Waals surface area (Å²) in [7, 11) is 1.36. The van der Waals surface area contributed by atoms with Gasteiger partial charge in [0.1, 0.15) is 0 Å². The van der Waals surface area contributed by atoms with Gasteiger partial charge in [-0.05, 0) is 30.7 Å². The van der Waals surface area contributed by atoms with E-state index in [1.807, 2.05) is 5.32 Å². The number of halogens is 1. The Hall–Kier alpha value is -2.74. The Kier molecular flexibility index (Phi) is 5.64. The highest BCUT2D eigenvalue weighted by atomic mass is 35.5. The normalized spacial score (nSPS) is 13.5. The van der Waals surface area contributed by atoms with Gasteiger partial charge in [0.15, 0.2) is 17.6 Å². The lowest BCUT2D eigenvalue weighted by Gasteiger charge is -2.11. The molecule has 0 aliphatic carbocycles. The Morgan fingerprint density at radius 2 is 2.08 bits per heavy atom. The van der Waals surface area contributed by atoms with Crippen LogP contribution in [0.4, 0.5) is 4.79 Å². The molecule has 2 rings (SSSR count). The Labute approximate surface area is 142 Å². The summed E-state index contributed by atoms with van der Waals surface area (Å²) in [6, 6.07) is 2.56. The molecule has 9 heteroatoms. The number of amides is 3. The molecular weight excluding hydrogens is 340 g/mol. The van der Waals surface area contributed by atoms with Crippen molar-refractivity contribution in [2.75, 3.05) is 13.8 Å². The first-order valence-electron chi connectivity index (χ1n) is 6.91. The number of carbonyl (C=O) groups excluding carboxylic acids is 3. The summed E-state index contributed by atoms with van der Waals surface area (Å²) in [5, 5.41) is 4.58. The van der Waals surface area contributed by atoms with E-state index in [1.54, 1.807) is 12.1 Å². The molecule has 0 spiro atoms. The molecule has 3 amide bonds. The van der Waals surface area contributed by atoms with Gasteiger partial charge in [0.25, 0.3) is 5.91 Å². The smallest absolute Gasteiger partial charge is 0.331 e. The summed E-state index contributed by atoms with van der Waals surface area (Å²) < 4.78 is 15.3. The number of carbonyl (C=O) groups is 3. The van der Waals surface area contributed by atoms with Crippen LogP contribution in [0.5, 0.6) is 11.5 Å². The summed E-state index contributed by atoms with van der Waals surface area (Å²) in [5.74, 6) is -0.546. The molecule has 1 atom stereocenters. The fourth-order valence-electron chi connectivity index (χ4n) is 1.79. The van der Waals surface area contributed by atoms with E-state index in [0.29, 0.717) is 22.1 Å². The third kappa shape index (κ3) is 4.39. The molecule has 0 saturated carbocycles. The third-order valence-corrected chi connectivity index (χ3v) is 3.27. The molecular formula is C15H15ClN2O6. The zero-order valence-corrected chi connectivity index (χ0v) is 13.7. The second-order valence-electron chi connectivity index (χ2n) is 4.72. The third-order valence-electron chi connectivity index (χ3n) is 2.99. The van der Waals surface area contributed by atoms with Crippen LogP contribution >= 0.6 is 11.6 Å². The maximum atomic E-state index is 11.7. The first kappa shape index (κ1) is 17.6. The van der Waals surface area contributed by atoms with Crippen molar-refractivity contribution in [1.29, 1.82) is 0 Å². The maximum Gasteiger partial charge on any atom is 0.331 e. The molecule has 0 fully saturated rings. The van der Waals surface area contributed by atoms with Crippen molar-refractivity contribution in [2.45, 2.75) is 13.0 Å². The number of hydrogen-bond acceptors (Lipinski definition) is 6. The molecule has 1 aromatic rings. The zero-order chi connectivity index (χ0) is 17.7. The van der Waals surface area contributed by atoms with Gasteiger partial charge in [-0.25, -0.2) is 9.59 Å². The van der Waals surface area contributed by atoms with E-state index in [1.165, 1.54) is 20.0 Å². The van der Waals surface area contributed by atoms with Crippen molar-refractivity contribution in [3.05, 3.63) is 28.8 Å². The zero-order valence-electron chi connectivity index (χ0n) is 12.9. The lowest BCUT2D eigenvalue weighted by atomic mass is 10.2. The van der Waals surface area contributed by atoms with Gasteiger partial charge in [-0.15, -0.1) is 0 Å². The van der Waals surface area contributed by atoms with Gasteiger partial charge < -0.3 is 19.5 Å². The SMILES string of the molecule is CNC(=O)NC(=O)[C@@H](C)OC(=O)/C=C/c1cc(Cl)c2c(c1)OCO2. The van der Waals surface area contributed by atoms with Gasteiger partial charge in [-0.1, -0.05) is 11.6 Å². The minimum absolute atomic E-state index is 0.0855. The predicted molar refractivity (Wildman–Crippen MR) is 84.8 cm³/mol. The lowest BCUT2D eigenvalue weighted by Crippen LogP contribution is -2.43. The van der Waals surface area contributed by atoms with Crippen molar-refractivity contribution in [3.63, 3.8) is 0 Å². The second-order valence-corrected chi connectivity index (χ2v) is 5.12. The molecule has 0 aromatic heterocycles. The quantitative estimate of drug-likeness (QED) is 0.627. The maximum absolute atomic E-state index is 11.7. The monoisotopic (exact) mass is 354 g/mol. The van der Waals surface area contributed by atoms with E-state index >= 15 is 0 Å². The molecule has 2 N–H and O–H groups in total. The fourth-order valence-corrected chi connectivity index (χ4v) is 2.06. The lowest BCUT2D eigenvalue weighted by molar-refractivity contribution is -0.149. The Morgan fingerprint density at radius 3 is 2.79 bits per heavy atom. The topological polar surface area (TPSA) is 103 Å². The molecule has 128 valence electrons. The Bertz CT molecular complexity index is 703. The van der Waals surface area contributed by atoms with Gasteiger partial charge in [0, 0.05) is 13.1 Å².